The summed E-state index contributed by atoms with van der Waals surface area (Å²) in [5.41, 5.74) is 4.08. The Balaban J connectivity index is 2.28. The van der Waals surface area contributed by atoms with E-state index >= 15 is 0 Å². The van der Waals surface area contributed by atoms with Gasteiger partial charge in [-0.25, -0.2) is 4.39 Å². The topological polar surface area (TPSA) is 53.1 Å². The number of H-pyrrole nitrogens is 1. The van der Waals surface area contributed by atoms with E-state index in [2.05, 4.69) is 4.98 Å². The van der Waals surface area contributed by atoms with Gasteiger partial charge in [0.15, 0.2) is 0 Å². The zero-order valence-electron chi connectivity index (χ0n) is 11.5. The highest BCUT2D eigenvalue weighted by Gasteiger charge is 2.16. The summed E-state index contributed by atoms with van der Waals surface area (Å²) in [6, 6.07) is 12.2. The van der Waals surface area contributed by atoms with Crippen molar-refractivity contribution >= 4 is 16.9 Å². The van der Waals surface area contributed by atoms with E-state index < -0.39 is 5.97 Å². The molecule has 0 atom stereocenters. The van der Waals surface area contributed by atoms with Crippen LogP contribution in [-0.4, -0.2) is 16.1 Å². The standard InChI is InChI=1S/C17H14FNO2/c1-10-3-2-4-11(7-10)17-14(9-16(20)21)13-8-12(18)5-6-15(13)19-17/h2-8,19H,9H2,1H3,(H,20,21). The van der Waals surface area contributed by atoms with Crippen LogP contribution in [0, 0.1) is 12.7 Å². The van der Waals surface area contributed by atoms with Crippen molar-refractivity contribution in [2.45, 2.75) is 13.3 Å². The average Bonchev–Trinajstić information content (AvgIpc) is 2.76. The van der Waals surface area contributed by atoms with E-state index in [1.165, 1.54) is 12.1 Å². The van der Waals surface area contributed by atoms with E-state index in [-0.39, 0.29) is 12.2 Å². The molecular formula is C17H14FNO2. The minimum Gasteiger partial charge on any atom is -0.481 e. The Hall–Kier alpha value is -2.62. The minimum absolute atomic E-state index is 0.146. The van der Waals surface area contributed by atoms with Crippen molar-refractivity contribution in [1.82, 2.24) is 4.98 Å². The second-order valence-electron chi connectivity index (χ2n) is 5.11. The van der Waals surface area contributed by atoms with E-state index in [0.717, 1.165) is 22.3 Å². The number of rotatable bonds is 3. The molecule has 0 amide bonds. The molecule has 106 valence electrons. The van der Waals surface area contributed by atoms with Gasteiger partial charge in [0.1, 0.15) is 5.82 Å². The molecule has 3 aromatic rings. The monoisotopic (exact) mass is 283 g/mol. The number of hydrogen-bond donors (Lipinski definition) is 2. The van der Waals surface area contributed by atoms with Crippen LogP contribution in [0.3, 0.4) is 0 Å². The second-order valence-corrected chi connectivity index (χ2v) is 5.11. The fourth-order valence-electron chi connectivity index (χ4n) is 2.60. The van der Waals surface area contributed by atoms with Gasteiger partial charge in [-0.2, -0.15) is 0 Å². The Bertz CT molecular complexity index is 836. The Morgan fingerprint density at radius 2 is 2.05 bits per heavy atom. The van der Waals surface area contributed by atoms with Crippen LogP contribution in [0.5, 0.6) is 0 Å². The highest BCUT2D eigenvalue weighted by Crippen LogP contribution is 2.31. The molecular weight excluding hydrogens is 269 g/mol. The maximum absolute atomic E-state index is 13.5. The summed E-state index contributed by atoms with van der Waals surface area (Å²) < 4.78 is 13.5. The van der Waals surface area contributed by atoms with Gasteiger partial charge in [0.25, 0.3) is 0 Å². The Labute approximate surface area is 121 Å². The first kappa shape index (κ1) is 13.4. The SMILES string of the molecule is Cc1cccc(-c2[nH]c3ccc(F)cc3c2CC(=O)O)c1. The Morgan fingerprint density at radius 3 is 2.76 bits per heavy atom. The molecule has 0 aliphatic heterocycles. The summed E-state index contributed by atoms with van der Waals surface area (Å²) in [6.45, 7) is 1.97. The van der Waals surface area contributed by atoms with E-state index in [1.54, 1.807) is 6.07 Å². The predicted octanol–water partition coefficient (Wildman–Crippen LogP) is 3.91. The number of benzene rings is 2. The summed E-state index contributed by atoms with van der Waals surface area (Å²) >= 11 is 0. The average molecular weight is 283 g/mol. The molecule has 4 heteroatoms. The first-order valence-corrected chi connectivity index (χ1v) is 6.63. The molecule has 0 fully saturated rings. The lowest BCUT2D eigenvalue weighted by Gasteiger charge is -2.04. The molecule has 1 heterocycles. The van der Waals surface area contributed by atoms with Crippen molar-refractivity contribution in [2.24, 2.45) is 0 Å². The number of nitrogens with one attached hydrogen (secondary N) is 1. The molecule has 3 rings (SSSR count). The number of halogens is 1. The number of aliphatic carboxylic acids is 1. The smallest absolute Gasteiger partial charge is 0.307 e. The first-order chi connectivity index (χ1) is 10.0. The number of aromatic amines is 1. The van der Waals surface area contributed by atoms with Gasteiger partial charge < -0.3 is 10.1 Å². The number of hydrogen-bond acceptors (Lipinski definition) is 1. The third-order valence-corrected chi connectivity index (χ3v) is 3.50. The van der Waals surface area contributed by atoms with Crippen molar-refractivity contribution in [3.8, 4) is 11.3 Å². The van der Waals surface area contributed by atoms with Gasteiger partial charge in [-0.1, -0.05) is 23.8 Å². The fourth-order valence-corrected chi connectivity index (χ4v) is 2.60. The van der Waals surface area contributed by atoms with Gasteiger partial charge in [-0.15, -0.1) is 0 Å². The van der Waals surface area contributed by atoms with Crippen LogP contribution in [0.25, 0.3) is 22.2 Å². The molecule has 2 N–H and O–H groups in total. The number of aromatic nitrogens is 1. The second kappa shape index (κ2) is 5.05. The quantitative estimate of drug-likeness (QED) is 0.765. The van der Waals surface area contributed by atoms with Crippen molar-refractivity contribution in [1.29, 1.82) is 0 Å². The van der Waals surface area contributed by atoms with Crippen molar-refractivity contribution in [2.75, 3.05) is 0 Å². The van der Waals surface area contributed by atoms with Crippen LogP contribution in [0.2, 0.25) is 0 Å². The van der Waals surface area contributed by atoms with Crippen molar-refractivity contribution in [3.63, 3.8) is 0 Å². The molecule has 1 aromatic heterocycles. The van der Waals surface area contributed by atoms with Crippen LogP contribution in [0.4, 0.5) is 4.39 Å². The Morgan fingerprint density at radius 1 is 1.24 bits per heavy atom. The zero-order chi connectivity index (χ0) is 15.0. The molecule has 0 saturated carbocycles. The summed E-state index contributed by atoms with van der Waals surface area (Å²) in [5, 5.41) is 9.75. The molecule has 0 bridgehead atoms. The van der Waals surface area contributed by atoms with E-state index in [9.17, 15) is 9.18 Å². The predicted molar refractivity (Wildman–Crippen MR) is 79.8 cm³/mol. The van der Waals surface area contributed by atoms with Crippen LogP contribution in [0.15, 0.2) is 42.5 Å². The molecule has 0 spiro atoms. The normalized spacial score (nSPS) is 11.0. The first-order valence-electron chi connectivity index (χ1n) is 6.63. The summed E-state index contributed by atoms with van der Waals surface area (Å²) in [7, 11) is 0. The molecule has 0 aliphatic carbocycles. The number of fused-ring (bicyclic) bond motifs is 1. The van der Waals surface area contributed by atoms with Crippen LogP contribution >= 0.6 is 0 Å². The van der Waals surface area contributed by atoms with Gasteiger partial charge in [-0.3, -0.25) is 4.79 Å². The molecule has 0 saturated heterocycles. The minimum atomic E-state index is -0.936. The number of aryl methyl sites for hydroxylation is 1. The van der Waals surface area contributed by atoms with Crippen LogP contribution in [0.1, 0.15) is 11.1 Å². The van der Waals surface area contributed by atoms with Gasteiger partial charge in [0.2, 0.25) is 0 Å². The van der Waals surface area contributed by atoms with Gasteiger partial charge in [0.05, 0.1) is 12.1 Å². The summed E-state index contributed by atoms with van der Waals surface area (Å²) in [6.07, 6.45) is -0.146. The number of carboxylic acid groups (broad SMARTS) is 1. The lowest BCUT2D eigenvalue weighted by molar-refractivity contribution is -0.136. The maximum Gasteiger partial charge on any atom is 0.307 e. The van der Waals surface area contributed by atoms with Gasteiger partial charge >= 0.3 is 5.97 Å². The number of carboxylic acids is 1. The van der Waals surface area contributed by atoms with E-state index in [0.29, 0.717) is 10.9 Å². The molecule has 21 heavy (non-hydrogen) atoms. The summed E-state index contributed by atoms with van der Waals surface area (Å²) in [5.74, 6) is -1.31. The third-order valence-electron chi connectivity index (χ3n) is 3.50. The number of carbonyl (C=O) groups is 1. The lowest BCUT2D eigenvalue weighted by atomic mass is 10.0. The van der Waals surface area contributed by atoms with Crippen LogP contribution in [-0.2, 0) is 11.2 Å². The molecule has 0 unspecified atom stereocenters. The zero-order valence-corrected chi connectivity index (χ0v) is 11.5. The van der Waals surface area contributed by atoms with Crippen LogP contribution < -0.4 is 0 Å². The summed E-state index contributed by atoms with van der Waals surface area (Å²) in [4.78, 5) is 14.3. The fraction of sp³-hybridized carbons (Fsp3) is 0.118. The molecule has 2 aromatic carbocycles. The van der Waals surface area contributed by atoms with Gasteiger partial charge in [0, 0.05) is 10.9 Å². The van der Waals surface area contributed by atoms with Gasteiger partial charge in [-0.05, 0) is 42.3 Å². The van der Waals surface area contributed by atoms with E-state index in [1.807, 2.05) is 31.2 Å². The Kier molecular flexibility index (Phi) is 3.22. The van der Waals surface area contributed by atoms with E-state index in [4.69, 9.17) is 5.11 Å². The molecule has 0 radical (unpaired) electrons. The maximum atomic E-state index is 13.5. The largest absolute Gasteiger partial charge is 0.481 e. The van der Waals surface area contributed by atoms with Crippen molar-refractivity contribution in [3.05, 3.63) is 59.4 Å². The highest BCUT2D eigenvalue weighted by atomic mass is 19.1. The highest BCUT2D eigenvalue weighted by molar-refractivity contribution is 5.94. The third kappa shape index (κ3) is 2.52. The lowest BCUT2D eigenvalue weighted by Crippen LogP contribution is -2.01. The molecule has 0 aliphatic rings. The van der Waals surface area contributed by atoms with Crippen molar-refractivity contribution < 1.29 is 14.3 Å². The molecule has 3 nitrogen and oxygen atoms in total.